The van der Waals surface area contributed by atoms with Crippen molar-refractivity contribution in [2.45, 2.75) is 31.5 Å². The molecule has 2 aromatic heterocycles. The van der Waals surface area contributed by atoms with Crippen LogP contribution in [0, 0.1) is 0 Å². The van der Waals surface area contributed by atoms with Gasteiger partial charge in [0.1, 0.15) is 6.04 Å². The molecule has 0 spiro atoms. The maximum absolute atomic E-state index is 13.3. The van der Waals surface area contributed by atoms with Gasteiger partial charge >= 0.3 is 0 Å². The van der Waals surface area contributed by atoms with E-state index in [4.69, 9.17) is 11.6 Å². The minimum Gasteiger partial charge on any atom is -0.328 e. The smallest absolute Gasteiger partial charge is 0.255 e. The largest absolute Gasteiger partial charge is 0.328 e. The van der Waals surface area contributed by atoms with E-state index in [0.29, 0.717) is 27.4 Å². The second-order valence-corrected chi connectivity index (χ2v) is 8.32. The van der Waals surface area contributed by atoms with Crippen LogP contribution in [0.25, 0.3) is 0 Å². The summed E-state index contributed by atoms with van der Waals surface area (Å²) in [5.74, 6) is 1.32. The highest BCUT2D eigenvalue weighted by molar-refractivity contribution is 7.99. The van der Waals surface area contributed by atoms with Crippen LogP contribution in [0.4, 0.5) is 11.6 Å². The molecule has 0 saturated carbocycles. The van der Waals surface area contributed by atoms with Crippen molar-refractivity contribution in [2.75, 3.05) is 16.4 Å². The number of fused-ring (bicyclic) bond motifs is 1. The molecule has 7 nitrogen and oxygen atoms in total. The quantitative estimate of drug-likeness (QED) is 0.538. The number of allylic oxidation sites excluding steroid dienone is 1. The molecule has 9 heteroatoms. The highest BCUT2D eigenvalue weighted by atomic mass is 35.5. The van der Waals surface area contributed by atoms with Gasteiger partial charge in [0.25, 0.3) is 5.91 Å². The van der Waals surface area contributed by atoms with Crippen LogP contribution in [0.15, 0.2) is 65.2 Å². The Kier molecular flexibility index (Phi) is 6.06. The summed E-state index contributed by atoms with van der Waals surface area (Å²) in [7, 11) is 0. The standard InChI is InChI=1S/C21H21ClN6OS/c1-3-11-30-21-26-20-24-13(2)17(19(29)25-16-5-4-10-23-12-16)18(28(20)27-21)14-6-8-15(22)9-7-14/h4-10,12,18H,3,11H2,1-2H3,(H,25,29)(H,24,26,27). The molecule has 0 radical (unpaired) electrons. The zero-order valence-corrected chi connectivity index (χ0v) is 18.2. The maximum Gasteiger partial charge on any atom is 0.255 e. The van der Waals surface area contributed by atoms with Crippen LogP contribution < -0.4 is 10.6 Å². The van der Waals surface area contributed by atoms with Gasteiger partial charge in [0.05, 0.1) is 17.5 Å². The van der Waals surface area contributed by atoms with Crippen molar-refractivity contribution in [2.24, 2.45) is 0 Å². The second-order valence-electron chi connectivity index (χ2n) is 6.82. The second kappa shape index (κ2) is 8.89. The Labute approximate surface area is 184 Å². The number of anilines is 2. The summed E-state index contributed by atoms with van der Waals surface area (Å²) in [5.41, 5.74) is 2.81. The molecule has 0 saturated heterocycles. The average molecular weight is 441 g/mol. The topological polar surface area (TPSA) is 84.7 Å². The Morgan fingerprint density at radius 1 is 1.30 bits per heavy atom. The van der Waals surface area contributed by atoms with Gasteiger partial charge in [-0.3, -0.25) is 9.78 Å². The normalized spacial score (nSPS) is 15.5. The molecule has 0 aliphatic carbocycles. The fourth-order valence-electron chi connectivity index (χ4n) is 3.27. The highest BCUT2D eigenvalue weighted by Crippen LogP contribution is 2.37. The molecule has 0 fully saturated rings. The molecule has 1 atom stereocenters. The SMILES string of the molecule is CCCSc1nc2n(n1)C(c1ccc(Cl)cc1)C(C(=O)Nc1cccnc1)=C(C)N2. The number of hydrogen-bond donors (Lipinski definition) is 2. The van der Waals surface area contributed by atoms with E-state index >= 15 is 0 Å². The molecule has 1 aromatic carbocycles. The van der Waals surface area contributed by atoms with Crippen LogP contribution >= 0.6 is 23.4 Å². The third-order valence-electron chi connectivity index (χ3n) is 4.62. The van der Waals surface area contributed by atoms with Gasteiger partial charge in [-0.2, -0.15) is 4.98 Å². The van der Waals surface area contributed by atoms with Crippen molar-refractivity contribution in [1.29, 1.82) is 0 Å². The molecule has 4 rings (SSSR count). The van der Waals surface area contributed by atoms with Gasteiger partial charge in [-0.25, -0.2) is 4.68 Å². The number of thioether (sulfide) groups is 1. The third-order valence-corrected chi connectivity index (χ3v) is 5.91. The fourth-order valence-corrected chi connectivity index (χ4v) is 4.08. The Hall–Kier alpha value is -2.84. The van der Waals surface area contributed by atoms with Crippen molar-refractivity contribution in [1.82, 2.24) is 19.7 Å². The number of amides is 1. The first kappa shape index (κ1) is 20.4. The molecule has 30 heavy (non-hydrogen) atoms. The Morgan fingerprint density at radius 3 is 2.80 bits per heavy atom. The van der Waals surface area contributed by atoms with Gasteiger partial charge in [0, 0.05) is 22.7 Å². The Bertz CT molecular complexity index is 1080. The van der Waals surface area contributed by atoms with Crippen LogP contribution in [-0.4, -0.2) is 31.4 Å². The van der Waals surface area contributed by atoms with Crippen molar-refractivity contribution in [3.63, 3.8) is 0 Å². The molecular weight excluding hydrogens is 420 g/mol. The van der Waals surface area contributed by atoms with E-state index in [9.17, 15) is 4.79 Å². The molecule has 1 amide bonds. The summed E-state index contributed by atoms with van der Waals surface area (Å²) >= 11 is 7.69. The zero-order chi connectivity index (χ0) is 21.1. The highest BCUT2D eigenvalue weighted by Gasteiger charge is 2.34. The van der Waals surface area contributed by atoms with Gasteiger partial charge in [-0.15, -0.1) is 5.10 Å². The lowest BCUT2D eigenvalue weighted by Crippen LogP contribution is -2.31. The molecule has 1 aliphatic heterocycles. The Balaban J connectivity index is 1.75. The van der Waals surface area contributed by atoms with Crippen LogP contribution in [-0.2, 0) is 4.79 Å². The number of nitrogens with zero attached hydrogens (tertiary/aromatic N) is 4. The van der Waals surface area contributed by atoms with Gasteiger partial charge in [-0.05, 0) is 43.2 Å². The number of halogens is 1. The molecule has 0 bridgehead atoms. The van der Waals surface area contributed by atoms with E-state index in [-0.39, 0.29) is 5.91 Å². The Morgan fingerprint density at radius 2 is 2.10 bits per heavy atom. The summed E-state index contributed by atoms with van der Waals surface area (Å²) in [6, 6.07) is 10.6. The molecule has 3 heterocycles. The summed E-state index contributed by atoms with van der Waals surface area (Å²) in [4.78, 5) is 22.0. The maximum atomic E-state index is 13.3. The van der Waals surface area contributed by atoms with Crippen LogP contribution in [0.2, 0.25) is 5.02 Å². The lowest BCUT2D eigenvalue weighted by Gasteiger charge is -2.28. The van der Waals surface area contributed by atoms with Crippen molar-refractivity contribution >= 4 is 40.9 Å². The van der Waals surface area contributed by atoms with E-state index in [1.165, 1.54) is 0 Å². The molecule has 1 unspecified atom stereocenters. The fraction of sp³-hybridized carbons (Fsp3) is 0.238. The van der Waals surface area contributed by atoms with Gasteiger partial charge < -0.3 is 10.6 Å². The monoisotopic (exact) mass is 440 g/mol. The van der Waals surface area contributed by atoms with E-state index in [0.717, 1.165) is 23.4 Å². The number of aromatic nitrogens is 4. The number of hydrogen-bond acceptors (Lipinski definition) is 6. The summed E-state index contributed by atoms with van der Waals surface area (Å²) in [6.07, 6.45) is 4.30. The summed E-state index contributed by atoms with van der Waals surface area (Å²) in [5, 5.41) is 12.2. The zero-order valence-electron chi connectivity index (χ0n) is 16.6. The molecule has 3 aromatic rings. The first-order valence-electron chi connectivity index (χ1n) is 9.60. The minimum absolute atomic E-state index is 0.225. The number of carbonyl (C=O) groups excluding carboxylic acids is 1. The van der Waals surface area contributed by atoms with Crippen LogP contribution in [0.3, 0.4) is 0 Å². The molecule has 154 valence electrons. The average Bonchev–Trinajstić information content (AvgIpc) is 3.15. The molecular formula is C21H21ClN6OS. The lowest BCUT2D eigenvalue weighted by atomic mass is 9.95. The predicted molar refractivity (Wildman–Crippen MR) is 120 cm³/mol. The van der Waals surface area contributed by atoms with Gasteiger partial charge in [0.15, 0.2) is 0 Å². The number of benzene rings is 1. The van der Waals surface area contributed by atoms with E-state index in [2.05, 4.69) is 32.6 Å². The first-order chi connectivity index (χ1) is 14.6. The lowest BCUT2D eigenvalue weighted by molar-refractivity contribution is -0.113. The number of nitrogens with one attached hydrogen (secondary N) is 2. The van der Waals surface area contributed by atoms with E-state index in [1.807, 2.05) is 31.2 Å². The van der Waals surface area contributed by atoms with Gasteiger partial charge in [0.2, 0.25) is 11.1 Å². The van der Waals surface area contributed by atoms with Crippen LogP contribution in [0.5, 0.6) is 0 Å². The van der Waals surface area contributed by atoms with Crippen LogP contribution in [0.1, 0.15) is 31.9 Å². The number of pyridine rings is 1. The van der Waals surface area contributed by atoms with Gasteiger partial charge in [-0.1, -0.05) is 42.4 Å². The third kappa shape index (κ3) is 4.20. The number of carbonyl (C=O) groups is 1. The van der Waals surface area contributed by atoms with Crippen molar-refractivity contribution in [3.8, 4) is 0 Å². The summed E-state index contributed by atoms with van der Waals surface area (Å²) in [6.45, 7) is 3.99. The van der Waals surface area contributed by atoms with E-state index < -0.39 is 6.04 Å². The molecule has 2 N–H and O–H groups in total. The van der Waals surface area contributed by atoms with Crippen molar-refractivity contribution in [3.05, 3.63) is 70.6 Å². The molecule has 1 aliphatic rings. The van der Waals surface area contributed by atoms with E-state index in [1.54, 1.807) is 41.0 Å². The summed E-state index contributed by atoms with van der Waals surface area (Å²) < 4.78 is 1.77. The number of rotatable bonds is 6. The predicted octanol–water partition coefficient (Wildman–Crippen LogP) is 4.76. The first-order valence-corrected chi connectivity index (χ1v) is 11.0. The minimum atomic E-state index is -0.432. The van der Waals surface area contributed by atoms with Crippen molar-refractivity contribution < 1.29 is 4.79 Å².